The predicted octanol–water partition coefficient (Wildman–Crippen LogP) is 1.42. The Labute approximate surface area is 117 Å². The molecule has 1 rings (SSSR count). The van der Waals surface area contributed by atoms with Crippen molar-refractivity contribution in [1.29, 1.82) is 0 Å². The summed E-state index contributed by atoms with van der Waals surface area (Å²) in [5, 5.41) is 1.87. The van der Waals surface area contributed by atoms with E-state index in [9.17, 15) is 14.4 Å². The van der Waals surface area contributed by atoms with Crippen LogP contribution in [0, 0.1) is 5.92 Å². The highest BCUT2D eigenvalue weighted by molar-refractivity contribution is 9.10. The quantitative estimate of drug-likeness (QED) is 0.810. The lowest BCUT2D eigenvalue weighted by Crippen LogP contribution is -2.45. The molecule has 0 aromatic carbocycles. The highest BCUT2D eigenvalue weighted by atomic mass is 79.9. The van der Waals surface area contributed by atoms with Crippen LogP contribution in [0.5, 0.6) is 0 Å². The fourth-order valence-corrected chi connectivity index (χ4v) is 1.59. The lowest BCUT2D eigenvalue weighted by atomic mass is 10.1. The van der Waals surface area contributed by atoms with Gasteiger partial charge in [0.1, 0.15) is 0 Å². The first-order valence-corrected chi connectivity index (χ1v) is 6.17. The Hall–Kier alpha value is -1.83. The summed E-state index contributed by atoms with van der Waals surface area (Å²) in [5.41, 5.74) is 4.84. The summed E-state index contributed by atoms with van der Waals surface area (Å²) < 4.78 is 10.4. The van der Waals surface area contributed by atoms with Gasteiger partial charge in [0, 0.05) is 0 Å². The van der Waals surface area contributed by atoms with Crippen molar-refractivity contribution in [2.24, 2.45) is 11.7 Å². The number of urea groups is 1. The van der Waals surface area contributed by atoms with Crippen LogP contribution in [0.2, 0.25) is 0 Å². The van der Waals surface area contributed by atoms with Gasteiger partial charge in [-0.1, -0.05) is 13.8 Å². The molecule has 19 heavy (non-hydrogen) atoms. The van der Waals surface area contributed by atoms with Crippen molar-refractivity contribution in [2.75, 3.05) is 0 Å². The van der Waals surface area contributed by atoms with E-state index >= 15 is 0 Å². The fraction of sp³-hybridized carbons (Fsp3) is 0.364. The van der Waals surface area contributed by atoms with Gasteiger partial charge in [-0.15, -0.1) is 0 Å². The van der Waals surface area contributed by atoms with Crippen molar-refractivity contribution in [3.63, 3.8) is 0 Å². The minimum atomic E-state index is -1.14. The monoisotopic (exact) mass is 332 g/mol. The van der Waals surface area contributed by atoms with Gasteiger partial charge in [-0.2, -0.15) is 0 Å². The first-order valence-electron chi connectivity index (χ1n) is 5.38. The average Bonchev–Trinajstić information content (AvgIpc) is 2.70. The fourth-order valence-electron chi connectivity index (χ4n) is 1.28. The van der Waals surface area contributed by atoms with Crippen molar-refractivity contribution in [1.82, 2.24) is 5.32 Å². The van der Waals surface area contributed by atoms with E-state index in [4.69, 9.17) is 14.9 Å². The minimum absolute atomic E-state index is 0.0515. The van der Waals surface area contributed by atoms with Crippen LogP contribution in [0.25, 0.3) is 0 Å². The van der Waals surface area contributed by atoms with Gasteiger partial charge < -0.3 is 14.9 Å². The topological polar surface area (TPSA) is 112 Å². The van der Waals surface area contributed by atoms with Crippen LogP contribution >= 0.6 is 15.9 Å². The first kappa shape index (κ1) is 15.2. The maximum absolute atomic E-state index is 11.7. The second kappa shape index (κ2) is 6.37. The Kier molecular flexibility index (Phi) is 5.11. The van der Waals surface area contributed by atoms with E-state index in [1.54, 1.807) is 13.8 Å². The lowest BCUT2D eigenvalue weighted by Gasteiger charge is -2.19. The van der Waals surface area contributed by atoms with Gasteiger partial charge in [-0.05, 0) is 34.0 Å². The zero-order chi connectivity index (χ0) is 14.6. The molecular weight excluding hydrogens is 320 g/mol. The number of rotatable bonds is 4. The number of carbonyl (C=O) groups excluding carboxylic acids is 3. The molecule has 1 heterocycles. The second-order valence-electron chi connectivity index (χ2n) is 4.03. The molecule has 0 aliphatic carbocycles. The van der Waals surface area contributed by atoms with E-state index in [0.717, 1.165) is 0 Å². The summed E-state index contributed by atoms with van der Waals surface area (Å²) in [6, 6.07) is 1.91. The number of esters is 1. The van der Waals surface area contributed by atoms with Crippen molar-refractivity contribution in [3.8, 4) is 0 Å². The third-order valence-corrected chi connectivity index (χ3v) is 2.54. The van der Waals surface area contributed by atoms with Gasteiger partial charge in [0.05, 0.1) is 0 Å². The van der Waals surface area contributed by atoms with E-state index in [-0.39, 0.29) is 11.7 Å². The number of imide groups is 1. The highest BCUT2D eigenvalue weighted by Crippen LogP contribution is 2.17. The van der Waals surface area contributed by atoms with Gasteiger partial charge in [0.2, 0.25) is 5.76 Å². The number of hydrogen-bond donors (Lipinski definition) is 2. The number of ether oxygens (including phenoxy) is 1. The molecule has 1 aromatic rings. The maximum atomic E-state index is 11.7. The zero-order valence-electron chi connectivity index (χ0n) is 10.3. The molecule has 0 unspecified atom stereocenters. The number of hydrogen-bond acceptors (Lipinski definition) is 5. The number of nitrogens with two attached hydrogens (primary N) is 1. The van der Waals surface area contributed by atoms with Gasteiger partial charge >= 0.3 is 12.0 Å². The second-order valence-corrected chi connectivity index (χ2v) is 4.81. The smallest absolute Gasteiger partial charge is 0.375 e. The van der Waals surface area contributed by atoms with Gasteiger partial charge in [0.15, 0.2) is 10.8 Å². The van der Waals surface area contributed by atoms with E-state index in [1.807, 2.05) is 5.32 Å². The Morgan fingerprint density at radius 3 is 2.42 bits per heavy atom. The Morgan fingerprint density at radius 1 is 1.37 bits per heavy atom. The number of amides is 3. The maximum Gasteiger partial charge on any atom is 0.375 e. The number of furan rings is 1. The van der Waals surface area contributed by atoms with Crippen LogP contribution < -0.4 is 11.1 Å². The summed E-state index contributed by atoms with van der Waals surface area (Å²) in [7, 11) is 0. The third kappa shape index (κ3) is 4.40. The molecule has 0 saturated heterocycles. The molecule has 104 valence electrons. The van der Waals surface area contributed by atoms with Crippen LogP contribution in [0.1, 0.15) is 24.4 Å². The van der Waals surface area contributed by atoms with Gasteiger partial charge in [-0.3, -0.25) is 10.1 Å². The molecule has 1 aromatic heterocycles. The predicted molar refractivity (Wildman–Crippen MR) is 68.2 cm³/mol. The van der Waals surface area contributed by atoms with E-state index in [1.165, 1.54) is 12.1 Å². The molecule has 1 atom stereocenters. The van der Waals surface area contributed by atoms with Gasteiger partial charge in [0.25, 0.3) is 5.91 Å². The van der Waals surface area contributed by atoms with Crippen LogP contribution in [0.15, 0.2) is 21.2 Å². The summed E-state index contributed by atoms with van der Waals surface area (Å²) in [4.78, 5) is 34.0. The number of primary amides is 1. The number of carbonyl (C=O) groups is 3. The molecule has 0 saturated carbocycles. The average molecular weight is 333 g/mol. The molecule has 0 aliphatic rings. The molecule has 0 bridgehead atoms. The van der Waals surface area contributed by atoms with E-state index in [2.05, 4.69) is 15.9 Å². The largest absolute Gasteiger partial charge is 0.446 e. The molecule has 0 aliphatic heterocycles. The van der Waals surface area contributed by atoms with Crippen LogP contribution in [0.4, 0.5) is 4.79 Å². The number of nitrogens with one attached hydrogen (secondary N) is 1. The van der Waals surface area contributed by atoms with Crippen LogP contribution in [-0.4, -0.2) is 24.0 Å². The van der Waals surface area contributed by atoms with Gasteiger partial charge in [-0.25, -0.2) is 9.59 Å². The van der Waals surface area contributed by atoms with Crippen molar-refractivity contribution < 1.29 is 23.5 Å². The SMILES string of the molecule is CC(C)[C@H](OC(=O)c1ccc(Br)o1)C(=O)NC(N)=O. The third-order valence-electron chi connectivity index (χ3n) is 2.12. The van der Waals surface area contributed by atoms with Crippen molar-refractivity contribution in [2.45, 2.75) is 20.0 Å². The summed E-state index contributed by atoms with van der Waals surface area (Å²) >= 11 is 3.04. The van der Waals surface area contributed by atoms with Crippen molar-refractivity contribution >= 4 is 33.8 Å². The summed E-state index contributed by atoms with van der Waals surface area (Å²) in [6.45, 7) is 3.33. The number of halogens is 1. The Morgan fingerprint density at radius 2 is 2.00 bits per heavy atom. The van der Waals surface area contributed by atoms with E-state index in [0.29, 0.717) is 4.67 Å². The lowest BCUT2D eigenvalue weighted by molar-refractivity contribution is -0.131. The summed E-state index contributed by atoms with van der Waals surface area (Å²) in [5.74, 6) is -1.96. The minimum Gasteiger partial charge on any atom is -0.446 e. The van der Waals surface area contributed by atoms with Crippen LogP contribution in [0.3, 0.4) is 0 Å². The van der Waals surface area contributed by atoms with Crippen LogP contribution in [-0.2, 0) is 9.53 Å². The molecule has 7 nitrogen and oxygen atoms in total. The Bertz CT molecular complexity index is 497. The molecule has 8 heteroatoms. The normalized spacial score (nSPS) is 12.0. The Balaban J connectivity index is 2.76. The molecule has 0 spiro atoms. The molecule has 0 fully saturated rings. The molecule has 3 N–H and O–H groups in total. The molecule has 0 radical (unpaired) electrons. The van der Waals surface area contributed by atoms with Crippen molar-refractivity contribution in [3.05, 3.63) is 22.6 Å². The molecule has 3 amide bonds. The zero-order valence-corrected chi connectivity index (χ0v) is 11.9. The van der Waals surface area contributed by atoms with E-state index < -0.39 is 24.0 Å². The highest BCUT2D eigenvalue weighted by Gasteiger charge is 2.28. The molecular formula is C11H13BrN2O5. The standard InChI is InChI=1S/C11H13BrN2O5/c1-5(2)8(9(15)14-11(13)17)19-10(16)6-3-4-7(12)18-6/h3-5,8H,1-2H3,(H3,13,14,15,17)/t8-/m0/s1. The summed E-state index contributed by atoms with van der Waals surface area (Å²) in [6.07, 6.45) is -1.14. The first-order chi connectivity index (χ1) is 8.81.